The Morgan fingerprint density at radius 1 is 1.05 bits per heavy atom. The monoisotopic (exact) mass is 598 g/mol. The predicted octanol–water partition coefficient (Wildman–Crippen LogP) is 4.87. The Morgan fingerprint density at radius 3 is 2.13 bits per heavy atom. The molecule has 0 aromatic carbocycles. The number of hydrogen-bond acceptors (Lipinski definition) is 9. The number of nitrogens with one attached hydrogen (secondary N) is 1. The van der Waals surface area contributed by atoms with Gasteiger partial charge in [-0.05, 0) is 84.3 Å². The summed E-state index contributed by atoms with van der Waals surface area (Å²) < 4.78 is 40.3. The van der Waals surface area contributed by atoms with Crippen molar-refractivity contribution in [1.82, 2.24) is 15.3 Å². The van der Waals surface area contributed by atoms with Crippen LogP contribution in [-0.4, -0.2) is 70.2 Å². The van der Waals surface area contributed by atoms with Crippen molar-refractivity contribution >= 4 is 57.4 Å². The van der Waals surface area contributed by atoms with Gasteiger partial charge in [0.05, 0.1) is 17.8 Å². The van der Waals surface area contributed by atoms with Crippen LogP contribution in [-0.2, 0) is 19.0 Å². The fourth-order valence-corrected chi connectivity index (χ4v) is 3.38. The summed E-state index contributed by atoms with van der Waals surface area (Å²) in [5.74, 6) is 1.05. The van der Waals surface area contributed by atoms with Crippen LogP contribution in [0.5, 0.6) is 0 Å². The highest BCUT2D eigenvalue weighted by Crippen LogP contribution is 2.36. The molecule has 1 aliphatic heterocycles. The number of hydrogen-bond donors (Lipinski definition) is 1. The van der Waals surface area contributed by atoms with E-state index in [2.05, 4.69) is 31.3 Å². The van der Waals surface area contributed by atoms with Crippen molar-refractivity contribution in [3.8, 4) is 0 Å². The number of hydrazone groups is 1. The van der Waals surface area contributed by atoms with Gasteiger partial charge in [0.25, 0.3) is 0 Å². The summed E-state index contributed by atoms with van der Waals surface area (Å²) in [4.78, 5) is 55.6. The number of fused-ring (bicyclic) bond motifs is 1. The normalized spacial score (nSPS) is 15.1. The number of aromatic nitrogens is 1. The minimum absolute atomic E-state index is 0.0188. The molecule has 13 heteroatoms. The summed E-state index contributed by atoms with van der Waals surface area (Å²) in [6.45, 7) is 10.9. The van der Waals surface area contributed by atoms with Crippen molar-refractivity contribution in [2.75, 3.05) is 18.4 Å². The van der Waals surface area contributed by atoms with E-state index in [9.17, 15) is 19.2 Å². The maximum absolute atomic E-state index is 13.2. The number of ether oxygens (including phenoxy) is 3. The van der Waals surface area contributed by atoms with Crippen LogP contribution in [0.15, 0.2) is 15.8 Å². The Bertz CT molecular complexity index is 1300. The number of alkyl carbamates (subject to hydrolysis) is 1. The lowest BCUT2D eigenvalue weighted by Crippen LogP contribution is -2.41. The van der Waals surface area contributed by atoms with Gasteiger partial charge in [0.1, 0.15) is 27.2 Å². The van der Waals surface area contributed by atoms with Gasteiger partial charge in [-0.1, -0.05) is 0 Å². The van der Waals surface area contributed by atoms with Crippen LogP contribution in [0.25, 0.3) is 5.70 Å². The lowest BCUT2D eigenvalue weighted by molar-refractivity contribution is 0.0356. The quantitative estimate of drug-likeness (QED) is 0.295. The zero-order valence-electron chi connectivity index (χ0n) is 25.8. The van der Waals surface area contributed by atoms with Gasteiger partial charge < -0.3 is 19.5 Å². The second-order valence-corrected chi connectivity index (χ2v) is 12.0. The summed E-state index contributed by atoms with van der Waals surface area (Å²) in [7, 11) is 0. The molecule has 0 fully saturated rings. The third-order valence-corrected chi connectivity index (χ3v) is 4.61. The molecule has 2 rings (SSSR count). The second-order valence-electron chi connectivity index (χ2n) is 11.2. The minimum atomic E-state index is -3.15. The number of halogens is 1. The molecule has 0 saturated heterocycles. The van der Waals surface area contributed by atoms with Crippen LogP contribution in [0, 0.1) is 0 Å². The van der Waals surface area contributed by atoms with Gasteiger partial charge in [-0.2, -0.15) is 10.1 Å². The third kappa shape index (κ3) is 8.29. The van der Waals surface area contributed by atoms with Gasteiger partial charge in [0.15, 0.2) is 11.6 Å². The number of nitrogens with zero attached hydrogens (tertiary/aromatic N) is 4. The van der Waals surface area contributed by atoms with E-state index in [0.717, 1.165) is 0 Å². The molecule has 0 atom stereocenters. The number of rotatable bonds is 3. The second kappa shape index (κ2) is 11.1. The zero-order valence-corrected chi connectivity index (χ0v) is 24.4. The lowest BCUT2D eigenvalue weighted by atomic mass is 9.99. The molecule has 0 bridgehead atoms. The predicted molar refractivity (Wildman–Crippen MR) is 145 cm³/mol. The Kier molecular flexibility index (Phi) is 7.66. The van der Waals surface area contributed by atoms with Crippen LogP contribution in [0.1, 0.15) is 77.6 Å². The molecule has 0 saturated carbocycles. The molecule has 12 nitrogen and oxygen atoms in total. The largest absolute Gasteiger partial charge is 0.444 e. The van der Waals surface area contributed by atoms with Crippen molar-refractivity contribution < 1.29 is 37.5 Å². The summed E-state index contributed by atoms with van der Waals surface area (Å²) in [5.41, 5.74) is -3.75. The van der Waals surface area contributed by atoms with Crippen LogP contribution in [0.3, 0.4) is 0 Å². The van der Waals surface area contributed by atoms with E-state index in [4.69, 9.17) is 18.3 Å². The van der Waals surface area contributed by atoms with Crippen LogP contribution >= 0.6 is 15.9 Å². The Morgan fingerprint density at radius 2 is 1.63 bits per heavy atom. The van der Waals surface area contributed by atoms with Crippen molar-refractivity contribution in [3.63, 3.8) is 0 Å². The molecule has 1 aliphatic rings. The summed E-state index contributed by atoms with van der Waals surface area (Å²) in [6, 6.07) is 1.38. The van der Waals surface area contributed by atoms with Gasteiger partial charge in [-0.15, -0.1) is 0 Å². The summed E-state index contributed by atoms with van der Waals surface area (Å²) in [6.07, 6.45) is -3.22. The molecule has 0 spiro atoms. The van der Waals surface area contributed by atoms with E-state index in [0.29, 0.717) is 5.01 Å². The smallest absolute Gasteiger partial charge is 0.436 e. The first-order valence-electron chi connectivity index (χ1n) is 13.0. The first-order valence-corrected chi connectivity index (χ1v) is 12.3. The average molecular weight is 599 g/mol. The number of carbonyl (C=O) groups excluding carboxylic acids is 4. The molecular formula is C25H34BrN5O7. The summed E-state index contributed by atoms with van der Waals surface area (Å²) >= 11 is 3.21. The Labute approximate surface area is 234 Å². The van der Waals surface area contributed by atoms with Crippen LogP contribution in [0.2, 0.25) is 0 Å². The first-order chi connectivity index (χ1) is 18.4. The van der Waals surface area contributed by atoms with Crippen molar-refractivity contribution in [3.05, 3.63) is 21.8 Å². The van der Waals surface area contributed by atoms with Gasteiger partial charge in [-0.3, -0.25) is 4.90 Å². The fraction of sp³-hybridized carbons (Fsp3) is 0.560. The number of carbonyl (C=O) groups is 3. The topological polar surface area (TPSA) is 140 Å². The molecule has 0 unspecified atom stereocenters. The maximum atomic E-state index is 13.2. The van der Waals surface area contributed by atoms with E-state index in [1.165, 1.54) is 6.07 Å². The molecular weight excluding hydrogens is 562 g/mol. The van der Waals surface area contributed by atoms with E-state index >= 15 is 0 Å². The molecule has 38 heavy (non-hydrogen) atoms. The molecule has 1 aromatic rings. The number of anilines is 1. The summed E-state index contributed by atoms with van der Waals surface area (Å²) in [5, 5.41) is 7.30. The van der Waals surface area contributed by atoms with Crippen molar-refractivity contribution in [2.45, 2.75) is 79.1 Å². The van der Waals surface area contributed by atoms with E-state index in [1.54, 1.807) is 68.3 Å². The van der Waals surface area contributed by atoms with Gasteiger partial charge in [0, 0.05) is 16.7 Å². The first kappa shape index (κ1) is 26.2. The number of pyridine rings is 1. The SMILES string of the molecule is [2H]C([2H])([2H])N(C(=O)OC(C)(C)C)c1nc(Br)cc2c1C(=C=O)N(C(=O)OC(C)(C)C)N=C2CNC(=O)OC(C)(C)C. The Balaban J connectivity index is 2.84. The van der Waals surface area contributed by atoms with E-state index < -0.39 is 53.6 Å². The van der Waals surface area contributed by atoms with Crippen molar-refractivity contribution in [1.29, 1.82) is 0 Å². The minimum Gasteiger partial charge on any atom is -0.444 e. The fourth-order valence-electron chi connectivity index (χ4n) is 2.98. The molecule has 1 aromatic heterocycles. The van der Waals surface area contributed by atoms with Crippen molar-refractivity contribution in [2.24, 2.45) is 5.10 Å². The molecule has 1 N–H and O–H groups in total. The van der Waals surface area contributed by atoms with Crippen LogP contribution in [0.4, 0.5) is 20.2 Å². The molecule has 3 amide bonds. The molecule has 208 valence electrons. The van der Waals surface area contributed by atoms with E-state index in [-0.39, 0.29) is 32.9 Å². The maximum Gasteiger partial charge on any atom is 0.436 e. The highest BCUT2D eigenvalue weighted by Gasteiger charge is 2.37. The third-order valence-electron chi connectivity index (χ3n) is 4.20. The average Bonchev–Trinajstić information content (AvgIpc) is 2.72. The van der Waals surface area contributed by atoms with E-state index in [1.807, 2.05) is 0 Å². The lowest BCUT2D eigenvalue weighted by Gasteiger charge is -2.31. The van der Waals surface area contributed by atoms with Crippen LogP contribution < -0.4 is 10.2 Å². The van der Waals surface area contributed by atoms with Gasteiger partial charge in [-0.25, -0.2) is 24.2 Å². The highest BCUT2D eigenvalue weighted by molar-refractivity contribution is 9.10. The molecule has 0 aliphatic carbocycles. The number of amides is 3. The highest BCUT2D eigenvalue weighted by atomic mass is 79.9. The molecule has 2 heterocycles. The molecule has 0 radical (unpaired) electrons. The standard InChI is InChI=1S/C25H34BrN5O7/c1-23(2,3)36-20(33)27-12-15-14-11-17(26)28-19(30(10)21(34)37-24(4,5)6)18(14)16(13-32)31(29-15)22(35)38-25(7,8)9/h11H,12H2,1-10H3,(H,27,33)/i10D3. The zero-order chi connectivity index (χ0) is 31.7. The van der Waals surface area contributed by atoms with Gasteiger partial charge in [0.2, 0.25) is 0 Å². The Hall–Kier alpha value is -3.44. The van der Waals surface area contributed by atoms with Gasteiger partial charge >= 0.3 is 18.3 Å².